The Balaban J connectivity index is 1.44. The molecule has 4 aromatic rings. The van der Waals surface area contributed by atoms with Crippen LogP contribution < -0.4 is 0 Å². The van der Waals surface area contributed by atoms with Crippen molar-refractivity contribution in [3.05, 3.63) is 120 Å². The summed E-state index contributed by atoms with van der Waals surface area (Å²) in [5, 5.41) is 0. The molecular formula is C35H32O. The molecule has 0 aliphatic heterocycles. The summed E-state index contributed by atoms with van der Waals surface area (Å²) >= 11 is 0. The second-order valence-corrected chi connectivity index (χ2v) is 10.8. The minimum absolute atomic E-state index is 0.0518. The van der Waals surface area contributed by atoms with Crippen LogP contribution in [0.5, 0.6) is 0 Å². The van der Waals surface area contributed by atoms with E-state index in [1.54, 1.807) is 0 Å². The molecule has 0 radical (unpaired) electrons. The summed E-state index contributed by atoms with van der Waals surface area (Å²) in [5.74, 6) is 0.602. The van der Waals surface area contributed by atoms with Crippen LogP contribution in [0.3, 0.4) is 0 Å². The average Bonchev–Trinajstić information content (AvgIpc) is 3.28. The van der Waals surface area contributed by atoms with Crippen molar-refractivity contribution in [2.24, 2.45) is 11.3 Å². The molecule has 4 aromatic carbocycles. The van der Waals surface area contributed by atoms with Gasteiger partial charge in [-0.05, 0) is 69.2 Å². The van der Waals surface area contributed by atoms with E-state index >= 15 is 0 Å². The first-order chi connectivity index (χ1) is 17.6. The lowest BCUT2D eigenvalue weighted by Crippen LogP contribution is -2.27. The molecule has 0 unspecified atom stereocenters. The number of fused-ring (bicyclic) bond motifs is 1. The fourth-order valence-corrected chi connectivity index (χ4v) is 6.45. The molecule has 1 saturated carbocycles. The maximum Gasteiger partial charge on any atom is 0.140 e. The van der Waals surface area contributed by atoms with Gasteiger partial charge in [0.25, 0.3) is 0 Å². The van der Waals surface area contributed by atoms with E-state index in [1.807, 2.05) is 6.07 Å². The van der Waals surface area contributed by atoms with Crippen LogP contribution in [0.15, 0.2) is 109 Å². The van der Waals surface area contributed by atoms with Gasteiger partial charge in [0.05, 0.1) is 0 Å². The number of allylic oxidation sites excluding steroid dienone is 2. The molecule has 0 saturated heterocycles. The van der Waals surface area contributed by atoms with Crippen molar-refractivity contribution in [2.75, 3.05) is 0 Å². The molecule has 0 amide bonds. The zero-order chi connectivity index (χ0) is 24.5. The van der Waals surface area contributed by atoms with Crippen LogP contribution in [0.25, 0.3) is 33.4 Å². The molecule has 0 heterocycles. The van der Waals surface area contributed by atoms with Crippen molar-refractivity contribution in [3.63, 3.8) is 0 Å². The Morgan fingerprint density at radius 2 is 1.03 bits per heavy atom. The van der Waals surface area contributed by atoms with E-state index in [0.717, 1.165) is 25.7 Å². The maximum absolute atomic E-state index is 13.6. The highest BCUT2D eigenvalue weighted by molar-refractivity contribution is 6.03. The van der Waals surface area contributed by atoms with Gasteiger partial charge >= 0.3 is 0 Å². The lowest BCUT2D eigenvalue weighted by molar-refractivity contribution is -0.124. The van der Waals surface area contributed by atoms with Gasteiger partial charge in [0.1, 0.15) is 5.78 Å². The summed E-state index contributed by atoms with van der Waals surface area (Å²) in [6, 6.07) is 38.8. The molecule has 1 heteroatoms. The second kappa shape index (κ2) is 9.39. The average molecular weight is 469 g/mol. The third-order valence-corrected chi connectivity index (χ3v) is 8.45. The lowest BCUT2D eigenvalue weighted by atomic mass is 9.73. The molecule has 36 heavy (non-hydrogen) atoms. The molecule has 0 aromatic heterocycles. The van der Waals surface area contributed by atoms with Gasteiger partial charge in [0, 0.05) is 12.3 Å². The summed E-state index contributed by atoms with van der Waals surface area (Å²) in [5.41, 5.74) is 9.91. The molecule has 6 rings (SSSR count). The quantitative estimate of drug-likeness (QED) is 0.292. The number of Topliss-reactive ketones (excluding diaryl/α,β-unsaturated/α-hetero) is 1. The van der Waals surface area contributed by atoms with Gasteiger partial charge in [-0.25, -0.2) is 0 Å². The van der Waals surface area contributed by atoms with Crippen LogP contribution in [-0.4, -0.2) is 5.78 Å². The summed E-state index contributed by atoms with van der Waals surface area (Å²) in [6.07, 6.45) is 4.82. The van der Waals surface area contributed by atoms with E-state index in [1.165, 1.54) is 44.5 Å². The Hall–Kier alpha value is -3.71. The van der Waals surface area contributed by atoms with Gasteiger partial charge in [-0.2, -0.15) is 0 Å². The molecule has 2 aliphatic rings. The molecule has 0 spiro atoms. The van der Waals surface area contributed by atoms with E-state index in [-0.39, 0.29) is 11.3 Å². The fraction of sp³-hybridized carbons (Fsp3) is 0.229. The normalized spacial score (nSPS) is 21.8. The van der Waals surface area contributed by atoms with Crippen LogP contribution in [0.4, 0.5) is 0 Å². The molecular weight excluding hydrogens is 436 g/mol. The standard InChI is InChI=1S/C35H32O/c1-35-22-8-13-33(35)34(36)23-31(29-18-14-27(15-19-29)25-9-4-2-5-10-25)32(24-35)30-20-16-28(17-21-30)26-11-6-3-7-12-26/h2-7,9-12,14-21,33H,8,13,22-24H2,1H3/t33-,35+/m0/s1. The molecule has 0 N–H and O–H groups in total. The van der Waals surface area contributed by atoms with Crippen LogP contribution in [0.2, 0.25) is 0 Å². The molecule has 1 fully saturated rings. The van der Waals surface area contributed by atoms with Gasteiger partial charge < -0.3 is 0 Å². The number of ketones is 1. The predicted octanol–water partition coefficient (Wildman–Crippen LogP) is 9.10. The van der Waals surface area contributed by atoms with E-state index in [2.05, 4.69) is 110 Å². The van der Waals surface area contributed by atoms with Gasteiger partial charge in [-0.3, -0.25) is 4.79 Å². The summed E-state index contributed by atoms with van der Waals surface area (Å²) in [6.45, 7) is 2.35. The van der Waals surface area contributed by atoms with Crippen molar-refractivity contribution in [1.29, 1.82) is 0 Å². The van der Waals surface area contributed by atoms with Gasteiger partial charge in [0.15, 0.2) is 0 Å². The SMILES string of the molecule is C[C@]12CCC[C@H]1C(=O)CC(c1ccc(-c3ccccc3)cc1)=C(c1ccc(-c3ccccc3)cc1)C2. The Morgan fingerprint density at radius 3 is 1.56 bits per heavy atom. The van der Waals surface area contributed by atoms with Crippen LogP contribution in [0, 0.1) is 11.3 Å². The Morgan fingerprint density at radius 1 is 0.583 bits per heavy atom. The first-order valence-corrected chi connectivity index (χ1v) is 13.2. The third kappa shape index (κ3) is 4.24. The van der Waals surface area contributed by atoms with Gasteiger partial charge in [-0.15, -0.1) is 0 Å². The number of carbonyl (C=O) groups excluding carboxylic acids is 1. The first-order valence-electron chi connectivity index (χ1n) is 13.2. The summed E-state index contributed by atoms with van der Waals surface area (Å²) in [7, 11) is 0. The second-order valence-electron chi connectivity index (χ2n) is 10.8. The van der Waals surface area contributed by atoms with Crippen LogP contribution >= 0.6 is 0 Å². The number of benzene rings is 4. The molecule has 178 valence electrons. The smallest absolute Gasteiger partial charge is 0.140 e. The summed E-state index contributed by atoms with van der Waals surface area (Å²) in [4.78, 5) is 13.6. The number of carbonyl (C=O) groups is 1. The monoisotopic (exact) mass is 468 g/mol. The number of hydrogen-bond donors (Lipinski definition) is 0. The Kier molecular flexibility index (Phi) is 5.93. The zero-order valence-corrected chi connectivity index (χ0v) is 20.9. The Bertz CT molecular complexity index is 1400. The topological polar surface area (TPSA) is 17.1 Å². The van der Waals surface area contributed by atoms with E-state index in [0.29, 0.717) is 12.2 Å². The van der Waals surface area contributed by atoms with Crippen molar-refractivity contribution < 1.29 is 4.79 Å². The predicted molar refractivity (Wildman–Crippen MR) is 150 cm³/mol. The molecule has 2 aliphatic carbocycles. The van der Waals surface area contributed by atoms with Gasteiger partial charge in [0.2, 0.25) is 0 Å². The number of rotatable bonds is 4. The maximum atomic E-state index is 13.6. The minimum Gasteiger partial charge on any atom is -0.299 e. The minimum atomic E-state index is 0.0518. The highest BCUT2D eigenvalue weighted by atomic mass is 16.1. The molecule has 2 atom stereocenters. The Labute approximate surface area is 214 Å². The summed E-state index contributed by atoms with van der Waals surface area (Å²) < 4.78 is 0. The van der Waals surface area contributed by atoms with Crippen molar-refractivity contribution >= 4 is 16.9 Å². The third-order valence-electron chi connectivity index (χ3n) is 8.45. The van der Waals surface area contributed by atoms with Crippen molar-refractivity contribution in [1.82, 2.24) is 0 Å². The zero-order valence-electron chi connectivity index (χ0n) is 20.9. The largest absolute Gasteiger partial charge is 0.299 e. The fourth-order valence-electron chi connectivity index (χ4n) is 6.45. The first kappa shape index (κ1) is 22.7. The van der Waals surface area contributed by atoms with Gasteiger partial charge in [-0.1, -0.05) is 123 Å². The van der Waals surface area contributed by atoms with Crippen LogP contribution in [-0.2, 0) is 4.79 Å². The lowest BCUT2D eigenvalue weighted by Gasteiger charge is -2.30. The van der Waals surface area contributed by atoms with Crippen molar-refractivity contribution in [3.8, 4) is 22.3 Å². The van der Waals surface area contributed by atoms with Crippen LogP contribution in [0.1, 0.15) is 50.2 Å². The van der Waals surface area contributed by atoms with E-state index in [9.17, 15) is 4.79 Å². The highest BCUT2D eigenvalue weighted by Crippen LogP contribution is 2.54. The number of hydrogen-bond acceptors (Lipinski definition) is 1. The molecule has 1 nitrogen and oxygen atoms in total. The van der Waals surface area contributed by atoms with Crippen molar-refractivity contribution in [2.45, 2.75) is 39.0 Å². The highest BCUT2D eigenvalue weighted by Gasteiger charge is 2.45. The van der Waals surface area contributed by atoms with E-state index in [4.69, 9.17) is 0 Å². The molecule has 0 bridgehead atoms. The van der Waals surface area contributed by atoms with E-state index < -0.39 is 0 Å².